The highest BCUT2D eigenvalue weighted by Crippen LogP contribution is 2.37. The van der Waals surface area contributed by atoms with E-state index in [2.05, 4.69) is 5.32 Å². The Hall–Kier alpha value is -3.52. The molecule has 3 rings (SSSR count). The van der Waals surface area contributed by atoms with Gasteiger partial charge in [-0.3, -0.25) is 9.59 Å². The second-order valence-electron chi connectivity index (χ2n) is 8.30. The number of carbonyl (C=O) groups excluding carboxylic acids is 3. The summed E-state index contributed by atoms with van der Waals surface area (Å²) in [6.07, 6.45) is 0.602. The minimum atomic E-state index is -0.508. The number of nitrogens with one attached hydrogen (secondary N) is 1. The van der Waals surface area contributed by atoms with E-state index in [1.165, 1.54) is 4.90 Å². The zero-order valence-corrected chi connectivity index (χ0v) is 21.7. The molecule has 1 heterocycles. The first-order valence-corrected chi connectivity index (χ1v) is 12.1. The number of ether oxygens (including phenoxy) is 3. The second-order valence-corrected chi connectivity index (χ2v) is 8.74. The third kappa shape index (κ3) is 6.37. The van der Waals surface area contributed by atoms with Gasteiger partial charge in [-0.05, 0) is 55.7 Å². The van der Waals surface area contributed by atoms with Crippen molar-refractivity contribution in [3.8, 4) is 11.5 Å². The van der Waals surface area contributed by atoms with Crippen LogP contribution in [-0.4, -0.2) is 56.6 Å². The number of rotatable bonds is 10. The molecule has 0 fully saturated rings. The van der Waals surface area contributed by atoms with Crippen LogP contribution in [0.3, 0.4) is 0 Å². The molecule has 0 saturated heterocycles. The molecule has 8 nitrogen and oxygen atoms in total. The molecule has 1 aliphatic rings. The Labute approximate surface area is 216 Å². The summed E-state index contributed by atoms with van der Waals surface area (Å²) in [5, 5.41) is 3.36. The monoisotopic (exact) mass is 514 g/mol. The number of benzene rings is 2. The van der Waals surface area contributed by atoms with Crippen LogP contribution in [0.1, 0.15) is 37.3 Å². The van der Waals surface area contributed by atoms with Crippen LogP contribution >= 0.6 is 11.6 Å². The largest absolute Gasteiger partial charge is 0.493 e. The van der Waals surface area contributed by atoms with Crippen LogP contribution in [0.15, 0.2) is 53.7 Å². The highest BCUT2D eigenvalue weighted by Gasteiger charge is 2.37. The fraction of sp³-hybridized carbons (Fsp3) is 0.370. The zero-order chi connectivity index (χ0) is 26.2. The van der Waals surface area contributed by atoms with Gasteiger partial charge in [0.1, 0.15) is 6.54 Å². The van der Waals surface area contributed by atoms with Gasteiger partial charge in [-0.15, -0.1) is 0 Å². The highest BCUT2D eigenvalue weighted by molar-refractivity contribution is 6.30. The number of methoxy groups -OCH3 is 2. The van der Waals surface area contributed by atoms with E-state index in [4.69, 9.17) is 25.8 Å². The smallest absolute Gasteiger partial charge is 0.336 e. The zero-order valence-electron chi connectivity index (χ0n) is 20.9. The van der Waals surface area contributed by atoms with Gasteiger partial charge in [0.05, 0.1) is 26.4 Å². The average molecular weight is 515 g/mol. The van der Waals surface area contributed by atoms with Gasteiger partial charge in [-0.2, -0.15) is 0 Å². The number of amides is 2. The summed E-state index contributed by atoms with van der Waals surface area (Å²) in [7, 11) is 3.14. The fourth-order valence-corrected chi connectivity index (χ4v) is 4.47. The molecule has 9 heteroatoms. The van der Waals surface area contributed by atoms with Gasteiger partial charge in [-0.25, -0.2) is 4.79 Å². The molecule has 1 atom stereocenters. The summed E-state index contributed by atoms with van der Waals surface area (Å²) >= 11 is 6.15. The maximum atomic E-state index is 13.1. The Bertz CT molecular complexity index is 1160. The van der Waals surface area contributed by atoms with Crippen LogP contribution in [-0.2, 0) is 25.5 Å². The molecule has 2 aromatic rings. The van der Waals surface area contributed by atoms with Crippen molar-refractivity contribution in [3.63, 3.8) is 0 Å². The number of nitrogens with zero attached hydrogens (tertiary/aromatic N) is 1. The van der Waals surface area contributed by atoms with E-state index in [1.807, 2.05) is 24.3 Å². The van der Waals surface area contributed by atoms with Gasteiger partial charge in [0.25, 0.3) is 0 Å². The Balaban J connectivity index is 1.72. The Morgan fingerprint density at radius 2 is 1.86 bits per heavy atom. The van der Waals surface area contributed by atoms with Gasteiger partial charge in [0.15, 0.2) is 11.5 Å². The number of esters is 1. The van der Waals surface area contributed by atoms with Crippen LogP contribution in [0, 0.1) is 0 Å². The van der Waals surface area contributed by atoms with Crippen molar-refractivity contribution >= 4 is 29.4 Å². The molecule has 2 aromatic carbocycles. The third-order valence-corrected chi connectivity index (χ3v) is 6.29. The van der Waals surface area contributed by atoms with Crippen molar-refractivity contribution in [1.82, 2.24) is 10.2 Å². The second kappa shape index (κ2) is 12.4. The summed E-state index contributed by atoms with van der Waals surface area (Å²) in [5.41, 5.74) is 2.48. The van der Waals surface area contributed by atoms with Crippen molar-refractivity contribution in [2.45, 2.75) is 32.6 Å². The van der Waals surface area contributed by atoms with E-state index in [0.717, 1.165) is 11.1 Å². The number of carbonyl (C=O) groups is 3. The van der Waals surface area contributed by atoms with Gasteiger partial charge in [0, 0.05) is 29.6 Å². The first kappa shape index (κ1) is 27.1. The predicted octanol–water partition coefficient (Wildman–Crippen LogP) is 3.87. The summed E-state index contributed by atoms with van der Waals surface area (Å²) < 4.78 is 15.8. The fourth-order valence-electron chi connectivity index (χ4n) is 4.27. The summed E-state index contributed by atoms with van der Waals surface area (Å²) in [6.45, 7) is 3.76. The molecule has 192 valence electrons. The molecule has 0 aromatic heterocycles. The minimum Gasteiger partial charge on any atom is -0.493 e. The SMILES string of the molecule is CCOC(=O)C1=C(C)N(CC(=O)NCCc2ccc(OC)c(OC)c2)C(=O)CC1c1cccc(Cl)c1. The molecule has 0 spiro atoms. The van der Waals surface area contributed by atoms with Crippen LogP contribution in [0.4, 0.5) is 0 Å². The normalized spacial score (nSPS) is 15.5. The van der Waals surface area contributed by atoms with E-state index in [0.29, 0.717) is 40.8 Å². The lowest BCUT2D eigenvalue weighted by Gasteiger charge is -2.34. The van der Waals surface area contributed by atoms with Crippen LogP contribution < -0.4 is 14.8 Å². The molecule has 36 heavy (non-hydrogen) atoms. The number of allylic oxidation sites excluding steroid dienone is 1. The molecule has 0 aliphatic carbocycles. The lowest BCUT2D eigenvalue weighted by Crippen LogP contribution is -2.44. The Morgan fingerprint density at radius 3 is 2.53 bits per heavy atom. The van der Waals surface area contributed by atoms with Crippen molar-refractivity contribution in [1.29, 1.82) is 0 Å². The lowest BCUT2D eigenvalue weighted by molar-refractivity contribution is -0.141. The molecule has 0 bridgehead atoms. The summed E-state index contributed by atoms with van der Waals surface area (Å²) in [6, 6.07) is 12.6. The van der Waals surface area contributed by atoms with Gasteiger partial charge < -0.3 is 24.4 Å². The van der Waals surface area contributed by atoms with Gasteiger partial charge in [0.2, 0.25) is 11.8 Å². The molecule has 0 radical (unpaired) electrons. The van der Waals surface area contributed by atoms with Crippen LogP contribution in [0.25, 0.3) is 0 Å². The summed E-state index contributed by atoms with van der Waals surface area (Å²) in [4.78, 5) is 40.0. The third-order valence-electron chi connectivity index (χ3n) is 6.05. The van der Waals surface area contributed by atoms with Crippen molar-refractivity contribution < 1.29 is 28.6 Å². The number of hydrogen-bond donors (Lipinski definition) is 1. The van der Waals surface area contributed by atoms with E-state index in [-0.39, 0.29) is 31.4 Å². The number of halogens is 1. The van der Waals surface area contributed by atoms with Crippen LogP contribution in [0.5, 0.6) is 11.5 Å². The molecule has 0 saturated carbocycles. The lowest BCUT2D eigenvalue weighted by atomic mass is 9.83. The maximum absolute atomic E-state index is 13.1. The maximum Gasteiger partial charge on any atom is 0.336 e. The molecular weight excluding hydrogens is 484 g/mol. The van der Waals surface area contributed by atoms with E-state index in [9.17, 15) is 14.4 Å². The van der Waals surface area contributed by atoms with E-state index in [1.54, 1.807) is 46.3 Å². The first-order chi connectivity index (χ1) is 17.3. The Kier molecular flexibility index (Phi) is 9.36. The molecule has 2 amide bonds. The van der Waals surface area contributed by atoms with Crippen molar-refractivity contribution in [2.75, 3.05) is 33.9 Å². The molecule has 1 N–H and O–H groups in total. The summed E-state index contributed by atoms with van der Waals surface area (Å²) in [5.74, 6) is -0.342. The quantitative estimate of drug-likeness (QED) is 0.484. The Morgan fingerprint density at radius 1 is 1.11 bits per heavy atom. The standard InChI is InChI=1S/C27H31ClN2O6/c1-5-36-27(33)26-17(2)30(25(32)15-21(26)19-7-6-8-20(28)14-19)16-24(31)29-12-11-18-9-10-22(34-3)23(13-18)35-4/h6-10,13-14,21H,5,11-12,15-16H2,1-4H3,(H,29,31). The van der Waals surface area contributed by atoms with Crippen molar-refractivity contribution in [2.24, 2.45) is 0 Å². The van der Waals surface area contributed by atoms with Gasteiger partial charge >= 0.3 is 5.97 Å². The predicted molar refractivity (Wildman–Crippen MR) is 136 cm³/mol. The van der Waals surface area contributed by atoms with E-state index < -0.39 is 11.9 Å². The molecule has 1 unspecified atom stereocenters. The van der Waals surface area contributed by atoms with Crippen LogP contribution in [0.2, 0.25) is 5.02 Å². The van der Waals surface area contributed by atoms with Gasteiger partial charge in [-0.1, -0.05) is 29.8 Å². The molecule has 1 aliphatic heterocycles. The molecular formula is C27H31ClN2O6. The minimum absolute atomic E-state index is 0.0325. The average Bonchev–Trinajstić information content (AvgIpc) is 2.86. The highest BCUT2D eigenvalue weighted by atomic mass is 35.5. The number of hydrogen-bond acceptors (Lipinski definition) is 6. The van der Waals surface area contributed by atoms with E-state index >= 15 is 0 Å². The topological polar surface area (TPSA) is 94.2 Å². The van der Waals surface area contributed by atoms with Crippen molar-refractivity contribution in [3.05, 3.63) is 69.9 Å². The first-order valence-electron chi connectivity index (χ1n) is 11.7.